The van der Waals surface area contributed by atoms with Crippen molar-refractivity contribution in [1.82, 2.24) is 0 Å². The van der Waals surface area contributed by atoms with Gasteiger partial charge in [0.05, 0.1) is 6.10 Å². The van der Waals surface area contributed by atoms with Gasteiger partial charge in [-0.2, -0.15) is 0 Å². The van der Waals surface area contributed by atoms with Crippen LogP contribution in [-0.4, -0.2) is 22.4 Å². The van der Waals surface area contributed by atoms with Gasteiger partial charge < -0.3 is 10.2 Å². The van der Waals surface area contributed by atoms with Crippen LogP contribution in [0.1, 0.15) is 26.7 Å². The number of aliphatic hydroxyl groups is 2. The fourth-order valence-electron chi connectivity index (χ4n) is 0.422. The molecule has 2 heteroatoms. The van der Waals surface area contributed by atoms with Crippen LogP contribution in [-0.2, 0) is 0 Å². The van der Waals surface area contributed by atoms with E-state index in [4.69, 9.17) is 10.2 Å². The lowest BCUT2D eigenvalue weighted by Crippen LogP contribution is -2.19. The SMILES string of the molecule is CCCC#CC(O)C(C)O. The second kappa shape index (κ2) is 5.28. The van der Waals surface area contributed by atoms with Crippen molar-refractivity contribution >= 4 is 0 Å². The minimum Gasteiger partial charge on any atom is -0.390 e. The molecule has 0 fully saturated rings. The first-order valence-electron chi connectivity index (χ1n) is 3.53. The number of rotatable bonds is 2. The number of hydrogen-bond donors (Lipinski definition) is 2. The number of aliphatic hydroxyl groups excluding tert-OH is 2. The Balaban J connectivity index is 3.57. The monoisotopic (exact) mass is 142 g/mol. The van der Waals surface area contributed by atoms with Crippen LogP contribution in [0.25, 0.3) is 0 Å². The third-order valence-corrected chi connectivity index (χ3v) is 1.08. The minimum atomic E-state index is -0.883. The Hall–Kier alpha value is -0.520. The largest absolute Gasteiger partial charge is 0.390 e. The molecule has 2 N–H and O–H groups in total. The Morgan fingerprint density at radius 1 is 1.40 bits per heavy atom. The summed E-state index contributed by atoms with van der Waals surface area (Å²) in [5, 5.41) is 17.7. The van der Waals surface area contributed by atoms with E-state index >= 15 is 0 Å². The molecule has 0 aromatic carbocycles. The molecule has 2 unspecified atom stereocenters. The summed E-state index contributed by atoms with van der Waals surface area (Å²) in [7, 11) is 0. The van der Waals surface area contributed by atoms with E-state index in [9.17, 15) is 0 Å². The summed E-state index contributed by atoms with van der Waals surface area (Å²) in [6.07, 6.45) is 0.138. The van der Waals surface area contributed by atoms with Gasteiger partial charge in [0.2, 0.25) is 0 Å². The van der Waals surface area contributed by atoms with E-state index in [1.165, 1.54) is 6.92 Å². The molecule has 2 nitrogen and oxygen atoms in total. The van der Waals surface area contributed by atoms with Gasteiger partial charge in [0.15, 0.2) is 0 Å². The zero-order chi connectivity index (χ0) is 7.98. The van der Waals surface area contributed by atoms with Crippen molar-refractivity contribution in [3.8, 4) is 11.8 Å². The van der Waals surface area contributed by atoms with Crippen LogP contribution in [0.15, 0.2) is 0 Å². The number of unbranched alkanes of at least 4 members (excludes halogenated alkanes) is 1. The van der Waals surface area contributed by atoms with Crippen molar-refractivity contribution in [3.05, 3.63) is 0 Å². The van der Waals surface area contributed by atoms with E-state index in [0.717, 1.165) is 12.8 Å². The van der Waals surface area contributed by atoms with Gasteiger partial charge in [-0.1, -0.05) is 12.8 Å². The Kier molecular flexibility index (Phi) is 5.00. The highest BCUT2D eigenvalue weighted by molar-refractivity contribution is 5.05. The summed E-state index contributed by atoms with van der Waals surface area (Å²) in [6.45, 7) is 3.54. The molecule has 0 saturated heterocycles. The van der Waals surface area contributed by atoms with Gasteiger partial charge in [-0.3, -0.25) is 0 Å². The van der Waals surface area contributed by atoms with Gasteiger partial charge in [-0.05, 0) is 13.3 Å². The Bertz CT molecular complexity index is 130. The first-order chi connectivity index (χ1) is 4.68. The molecule has 0 radical (unpaired) electrons. The smallest absolute Gasteiger partial charge is 0.140 e. The van der Waals surface area contributed by atoms with Crippen molar-refractivity contribution in [2.45, 2.75) is 38.9 Å². The summed E-state index contributed by atoms with van der Waals surface area (Å²) in [5.74, 6) is 5.29. The first kappa shape index (κ1) is 9.48. The molecule has 10 heavy (non-hydrogen) atoms. The quantitative estimate of drug-likeness (QED) is 0.552. The maximum Gasteiger partial charge on any atom is 0.140 e. The molecule has 2 atom stereocenters. The lowest BCUT2D eigenvalue weighted by molar-refractivity contribution is 0.0677. The molecular weight excluding hydrogens is 128 g/mol. The summed E-state index contributed by atoms with van der Waals surface area (Å²) >= 11 is 0. The zero-order valence-electron chi connectivity index (χ0n) is 6.46. The minimum absolute atomic E-state index is 0.746. The lowest BCUT2D eigenvalue weighted by Gasteiger charge is -2.04. The summed E-state index contributed by atoms with van der Waals surface area (Å²) < 4.78 is 0. The van der Waals surface area contributed by atoms with Gasteiger partial charge in [0.25, 0.3) is 0 Å². The Labute approximate surface area is 61.9 Å². The average Bonchev–Trinajstić information content (AvgIpc) is 1.88. The third kappa shape index (κ3) is 4.37. The number of hydrogen-bond acceptors (Lipinski definition) is 2. The first-order valence-corrected chi connectivity index (χ1v) is 3.53. The van der Waals surface area contributed by atoms with Crippen LogP contribution >= 0.6 is 0 Å². The van der Waals surface area contributed by atoms with E-state index < -0.39 is 12.2 Å². The molecule has 0 aliphatic rings. The Morgan fingerprint density at radius 2 is 2.00 bits per heavy atom. The van der Waals surface area contributed by atoms with Gasteiger partial charge in [0.1, 0.15) is 6.10 Å². The van der Waals surface area contributed by atoms with Crippen LogP contribution in [0.2, 0.25) is 0 Å². The van der Waals surface area contributed by atoms with E-state index in [0.29, 0.717) is 0 Å². The molecule has 0 bridgehead atoms. The second-order valence-corrected chi connectivity index (χ2v) is 2.26. The van der Waals surface area contributed by atoms with E-state index in [2.05, 4.69) is 11.8 Å². The normalized spacial score (nSPS) is 15.2. The van der Waals surface area contributed by atoms with Crippen LogP contribution in [0, 0.1) is 11.8 Å². The average molecular weight is 142 g/mol. The van der Waals surface area contributed by atoms with Gasteiger partial charge in [-0.15, -0.1) is 5.92 Å². The molecular formula is C8H14O2. The van der Waals surface area contributed by atoms with Crippen LogP contribution < -0.4 is 0 Å². The summed E-state index contributed by atoms with van der Waals surface area (Å²) in [4.78, 5) is 0. The molecule has 0 aromatic rings. The lowest BCUT2D eigenvalue weighted by atomic mass is 10.2. The van der Waals surface area contributed by atoms with Crippen LogP contribution in [0.5, 0.6) is 0 Å². The van der Waals surface area contributed by atoms with Crippen molar-refractivity contribution in [3.63, 3.8) is 0 Å². The highest BCUT2D eigenvalue weighted by Crippen LogP contribution is 1.89. The molecule has 0 heterocycles. The molecule has 0 aliphatic heterocycles. The topological polar surface area (TPSA) is 40.5 Å². The predicted molar refractivity (Wildman–Crippen MR) is 40.4 cm³/mol. The summed E-state index contributed by atoms with van der Waals surface area (Å²) in [5.41, 5.74) is 0. The highest BCUT2D eigenvalue weighted by Gasteiger charge is 2.04. The maximum absolute atomic E-state index is 8.93. The standard InChI is InChI=1S/C8H14O2/c1-3-4-5-6-8(10)7(2)9/h7-10H,3-4H2,1-2H3. The van der Waals surface area contributed by atoms with Gasteiger partial charge in [-0.25, -0.2) is 0 Å². The predicted octanol–water partition coefficient (Wildman–Crippen LogP) is 0.532. The van der Waals surface area contributed by atoms with Crippen LogP contribution in [0.3, 0.4) is 0 Å². The van der Waals surface area contributed by atoms with E-state index in [-0.39, 0.29) is 0 Å². The van der Waals surface area contributed by atoms with Crippen LogP contribution in [0.4, 0.5) is 0 Å². The second-order valence-electron chi connectivity index (χ2n) is 2.26. The fourth-order valence-corrected chi connectivity index (χ4v) is 0.422. The molecule has 58 valence electrons. The Morgan fingerprint density at radius 3 is 2.40 bits per heavy atom. The highest BCUT2D eigenvalue weighted by atomic mass is 16.3. The molecule has 0 aliphatic carbocycles. The summed E-state index contributed by atoms with van der Waals surface area (Å²) in [6, 6.07) is 0. The van der Waals surface area contributed by atoms with E-state index in [1.54, 1.807) is 0 Å². The third-order valence-electron chi connectivity index (χ3n) is 1.08. The molecule has 0 aromatic heterocycles. The molecule has 0 saturated carbocycles. The molecule has 0 spiro atoms. The molecule has 0 amide bonds. The van der Waals surface area contributed by atoms with Crippen molar-refractivity contribution in [2.75, 3.05) is 0 Å². The zero-order valence-corrected chi connectivity index (χ0v) is 6.46. The molecule has 0 rings (SSSR count). The fraction of sp³-hybridized carbons (Fsp3) is 0.750. The van der Waals surface area contributed by atoms with Crippen molar-refractivity contribution in [1.29, 1.82) is 0 Å². The van der Waals surface area contributed by atoms with Crippen molar-refractivity contribution < 1.29 is 10.2 Å². The maximum atomic E-state index is 8.93. The van der Waals surface area contributed by atoms with E-state index in [1.807, 2.05) is 6.92 Å². The van der Waals surface area contributed by atoms with Gasteiger partial charge >= 0.3 is 0 Å². The van der Waals surface area contributed by atoms with Crippen molar-refractivity contribution in [2.24, 2.45) is 0 Å². The van der Waals surface area contributed by atoms with Gasteiger partial charge in [0, 0.05) is 6.42 Å².